The number of carbonyl (C=O) groups is 1. The van der Waals surface area contributed by atoms with Crippen LogP contribution in [0.25, 0.3) is 28.0 Å². The lowest BCUT2D eigenvalue weighted by atomic mass is 9.98. The van der Waals surface area contributed by atoms with Crippen molar-refractivity contribution in [3.8, 4) is 23.0 Å². The third-order valence-corrected chi connectivity index (χ3v) is 8.90. The fourth-order valence-corrected chi connectivity index (χ4v) is 6.67. The molecule has 48 heavy (non-hydrogen) atoms. The molecule has 1 fully saturated rings. The molecule has 0 spiro atoms. The van der Waals surface area contributed by atoms with Gasteiger partial charge in [0.25, 0.3) is 0 Å². The van der Waals surface area contributed by atoms with E-state index >= 15 is 8.78 Å². The summed E-state index contributed by atoms with van der Waals surface area (Å²) in [4.78, 5) is 44.1. The molecule has 5 aromatic rings. The van der Waals surface area contributed by atoms with Gasteiger partial charge in [-0.2, -0.15) is 10.2 Å². The van der Waals surface area contributed by atoms with Gasteiger partial charge in [0.15, 0.2) is 5.65 Å². The van der Waals surface area contributed by atoms with Gasteiger partial charge >= 0.3 is 5.69 Å². The van der Waals surface area contributed by atoms with E-state index in [1.807, 2.05) is 13.8 Å². The zero-order valence-electron chi connectivity index (χ0n) is 26.3. The largest absolute Gasteiger partial charge is 0.355 e. The molecule has 4 aromatic heterocycles. The van der Waals surface area contributed by atoms with E-state index in [4.69, 9.17) is 4.98 Å². The fourth-order valence-electron chi connectivity index (χ4n) is 6.67. The maximum Gasteiger partial charge on any atom is 0.355 e. The standard InChI is InChI=1S/C34H30F2N10O2/c1-4-27(47)44-13-12-43(18-22(44)8-10-37)32-24-15-26(36)30-28-20(6-5-7-25(28)35)14-23-16-39-42-45(23)17-21-9-11-38-29(19(2)3)31(21)46(33(24)40-30)34(48)41-32/h4-7,9,11,15-16,19,22H,1,8,12-14,17-18H2,2-3H3. The number of benzene rings is 1. The third kappa shape index (κ3) is 5.07. The molecule has 1 aromatic carbocycles. The molecule has 6 heterocycles. The van der Waals surface area contributed by atoms with Crippen LogP contribution in [0.2, 0.25) is 0 Å². The van der Waals surface area contributed by atoms with E-state index < -0.39 is 23.4 Å². The van der Waals surface area contributed by atoms with Crippen molar-refractivity contribution in [3.63, 3.8) is 0 Å². The number of carbonyl (C=O) groups excluding carboxylic acids is 1. The van der Waals surface area contributed by atoms with Gasteiger partial charge in [-0.05, 0) is 35.8 Å². The maximum atomic E-state index is 16.4. The first-order valence-corrected chi connectivity index (χ1v) is 15.5. The molecule has 1 unspecified atom stereocenters. The number of nitriles is 1. The number of amides is 1. The lowest BCUT2D eigenvalue weighted by molar-refractivity contribution is -0.128. The van der Waals surface area contributed by atoms with Crippen LogP contribution >= 0.6 is 0 Å². The number of halogens is 2. The van der Waals surface area contributed by atoms with Crippen LogP contribution in [0.1, 0.15) is 48.7 Å². The highest BCUT2D eigenvalue weighted by Crippen LogP contribution is 2.36. The minimum absolute atomic E-state index is 0.0268. The molecule has 0 radical (unpaired) electrons. The number of hydrogen-bond donors (Lipinski definition) is 0. The van der Waals surface area contributed by atoms with Crippen LogP contribution in [-0.4, -0.2) is 71.0 Å². The number of hydrogen-bond acceptors (Lipinski definition) is 9. The van der Waals surface area contributed by atoms with Gasteiger partial charge in [-0.3, -0.25) is 9.78 Å². The van der Waals surface area contributed by atoms with E-state index in [0.29, 0.717) is 28.2 Å². The number of rotatable bonds is 4. The second-order valence-corrected chi connectivity index (χ2v) is 12.1. The molecule has 0 saturated carbocycles. The zero-order valence-corrected chi connectivity index (χ0v) is 26.3. The summed E-state index contributed by atoms with van der Waals surface area (Å²) >= 11 is 0. The summed E-state index contributed by atoms with van der Waals surface area (Å²) in [6.45, 7) is 8.29. The molecular formula is C34H30F2N10O2. The first kappa shape index (κ1) is 30.8. The molecule has 1 amide bonds. The van der Waals surface area contributed by atoms with Crippen LogP contribution in [0.3, 0.4) is 0 Å². The quantitative estimate of drug-likeness (QED) is 0.261. The Morgan fingerprint density at radius 2 is 2.00 bits per heavy atom. The number of fused-ring (bicyclic) bond motifs is 6. The Morgan fingerprint density at radius 1 is 1.17 bits per heavy atom. The highest BCUT2D eigenvalue weighted by molar-refractivity contribution is 5.91. The molecular weight excluding hydrogens is 618 g/mol. The van der Waals surface area contributed by atoms with Gasteiger partial charge < -0.3 is 9.80 Å². The minimum atomic E-state index is -0.810. The van der Waals surface area contributed by atoms with Crippen LogP contribution in [-0.2, 0) is 17.8 Å². The predicted octanol–water partition coefficient (Wildman–Crippen LogP) is 3.91. The lowest BCUT2D eigenvalue weighted by Gasteiger charge is -2.41. The molecule has 2 aliphatic heterocycles. The minimum Gasteiger partial charge on any atom is -0.352 e. The third-order valence-electron chi connectivity index (χ3n) is 8.90. The average Bonchev–Trinajstić information content (AvgIpc) is 3.50. The number of anilines is 1. The number of nitrogens with zero attached hydrogens (tertiary/aromatic N) is 10. The molecule has 242 valence electrons. The SMILES string of the molecule is C=CC(=O)N1CCN(c2nc(=O)n3c4nc(c(F)cc24)-c2c(F)cccc2Cc2cnnn2Cc2ccnc(C(C)C)c2-3)CC1CC#N. The summed E-state index contributed by atoms with van der Waals surface area (Å²) in [6, 6.07) is 9.10. The normalized spacial score (nSPS) is 15.7. The average molecular weight is 649 g/mol. The summed E-state index contributed by atoms with van der Waals surface area (Å²) < 4.78 is 35.1. The van der Waals surface area contributed by atoms with Crippen molar-refractivity contribution in [1.29, 1.82) is 5.26 Å². The molecule has 2 bridgehead atoms. The van der Waals surface area contributed by atoms with Gasteiger partial charge in [0.2, 0.25) is 5.91 Å². The van der Waals surface area contributed by atoms with Gasteiger partial charge in [0.05, 0.1) is 53.7 Å². The molecule has 1 saturated heterocycles. The molecule has 2 aliphatic rings. The Morgan fingerprint density at radius 3 is 2.77 bits per heavy atom. The molecule has 12 nitrogen and oxygen atoms in total. The van der Waals surface area contributed by atoms with Gasteiger partial charge in [0.1, 0.15) is 23.1 Å². The van der Waals surface area contributed by atoms with Crippen LogP contribution in [0.15, 0.2) is 60.2 Å². The monoisotopic (exact) mass is 648 g/mol. The first-order chi connectivity index (χ1) is 23.2. The first-order valence-electron chi connectivity index (χ1n) is 15.5. The van der Waals surface area contributed by atoms with E-state index in [-0.39, 0.29) is 79.0 Å². The van der Waals surface area contributed by atoms with Crippen LogP contribution < -0.4 is 10.6 Å². The second-order valence-electron chi connectivity index (χ2n) is 12.1. The van der Waals surface area contributed by atoms with Crippen molar-refractivity contribution < 1.29 is 13.6 Å². The van der Waals surface area contributed by atoms with Gasteiger partial charge in [0, 0.05) is 43.4 Å². The van der Waals surface area contributed by atoms with Crippen LogP contribution in [0.4, 0.5) is 14.6 Å². The summed E-state index contributed by atoms with van der Waals surface area (Å²) in [5.74, 6) is -1.80. The Hall–Kier alpha value is -5.84. The highest BCUT2D eigenvalue weighted by atomic mass is 19.1. The van der Waals surface area contributed by atoms with Crippen molar-refractivity contribution in [2.75, 3.05) is 24.5 Å². The van der Waals surface area contributed by atoms with E-state index in [0.717, 1.165) is 0 Å². The Bertz CT molecular complexity index is 2220. The van der Waals surface area contributed by atoms with E-state index in [1.165, 1.54) is 22.8 Å². The maximum absolute atomic E-state index is 16.4. The number of piperazine rings is 1. The van der Waals surface area contributed by atoms with Crippen molar-refractivity contribution in [2.24, 2.45) is 0 Å². The smallest absolute Gasteiger partial charge is 0.352 e. The predicted molar refractivity (Wildman–Crippen MR) is 172 cm³/mol. The van der Waals surface area contributed by atoms with E-state index in [1.54, 1.807) is 45.1 Å². The van der Waals surface area contributed by atoms with Gasteiger partial charge in [-0.25, -0.2) is 27.8 Å². The van der Waals surface area contributed by atoms with Gasteiger partial charge in [-0.1, -0.05) is 37.8 Å². The molecule has 14 heteroatoms. The molecule has 0 aliphatic carbocycles. The van der Waals surface area contributed by atoms with Crippen molar-refractivity contribution in [1.82, 2.24) is 39.4 Å². The Labute approximate surface area is 273 Å². The van der Waals surface area contributed by atoms with E-state index in [9.17, 15) is 14.9 Å². The molecule has 0 N–H and O–H groups in total. The Balaban J connectivity index is 1.55. The molecule has 1 atom stereocenters. The highest BCUT2D eigenvalue weighted by Gasteiger charge is 2.33. The van der Waals surface area contributed by atoms with Crippen molar-refractivity contribution >= 4 is 22.8 Å². The topological polar surface area (TPSA) is 139 Å². The van der Waals surface area contributed by atoms with Crippen LogP contribution in [0, 0.1) is 23.0 Å². The summed E-state index contributed by atoms with van der Waals surface area (Å²) in [6.07, 6.45) is 4.65. The second kappa shape index (κ2) is 12.1. The van der Waals surface area contributed by atoms with Gasteiger partial charge in [-0.15, -0.1) is 5.10 Å². The van der Waals surface area contributed by atoms with Crippen molar-refractivity contribution in [2.45, 2.75) is 45.2 Å². The lowest BCUT2D eigenvalue weighted by Crippen LogP contribution is -2.55. The summed E-state index contributed by atoms with van der Waals surface area (Å²) in [5, 5.41) is 18.1. The fraction of sp³-hybridized carbons (Fsp3) is 0.294. The number of aromatic nitrogens is 7. The zero-order chi connectivity index (χ0) is 33.7. The summed E-state index contributed by atoms with van der Waals surface area (Å²) in [7, 11) is 0. The van der Waals surface area contributed by atoms with Crippen LogP contribution in [0.5, 0.6) is 0 Å². The van der Waals surface area contributed by atoms with E-state index in [2.05, 4.69) is 32.9 Å². The van der Waals surface area contributed by atoms with Crippen molar-refractivity contribution in [3.05, 3.63) is 100 Å². The summed E-state index contributed by atoms with van der Waals surface area (Å²) in [5.41, 5.74) is 1.85. The Kier molecular flexibility index (Phi) is 7.74. The number of pyridine rings is 2. The molecule has 7 rings (SSSR count).